The van der Waals surface area contributed by atoms with Gasteiger partial charge in [-0.15, -0.1) is 0 Å². The number of piperazine rings is 1. The predicted molar refractivity (Wildman–Crippen MR) is 90.8 cm³/mol. The lowest BCUT2D eigenvalue weighted by Crippen LogP contribution is -2.48. The summed E-state index contributed by atoms with van der Waals surface area (Å²) in [5.41, 5.74) is 1.81. The van der Waals surface area contributed by atoms with Gasteiger partial charge in [-0.2, -0.15) is 4.31 Å². The van der Waals surface area contributed by atoms with Crippen molar-refractivity contribution in [2.45, 2.75) is 13.5 Å². The van der Waals surface area contributed by atoms with Crippen LogP contribution in [-0.4, -0.2) is 74.5 Å². The van der Waals surface area contributed by atoms with Crippen LogP contribution in [0.3, 0.4) is 0 Å². The highest BCUT2D eigenvalue weighted by Crippen LogP contribution is 2.13. The Morgan fingerprint density at radius 2 is 1.65 bits per heavy atom. The molecule has 7 heteroatoms. The van der Waals surface area contributed by atoms with Gasteiger partial charge in [-0.1, -0.05) is 12.1 Å². The number of hydrogen-bond donors (Lipinski definition) is 0. The minimum Gasteiger partial charge on any atom is -0.345 e. The van der Waals surface area contributed by atoms with Crippen molar-refractivity contribution in [1.82, 2.24) is 14.1 Å². The van der Waals surface area contributed by atoms with E-state index in [2.05, 4.69) is 4.90 Å². The van der Waals surface area contributed by atoms with Crippen molar-refractivity contribution in [3.63, 3.8) is 0 Å². The van der Waals surface area contributed by atoms with E-state index in [4.69, 9.17) is 0 Å². The van der Waals surface area contributed by atoms with Crippen LogP contribution in [0, 0.1) is 0 Å². The van der Waals surface area contributed by atoms with Gasteiger partial charge in [0.2, 0.25) is 10.0 Å². The van der Waals surface area contributed by atoms with Crippen LogP contribution in [0.25, 0.3) is 0 Å². The maximum atomic E-state index is 11.9. The highest BCUT2D eigenvalue weighted by Gasteiger charge is 2.25. The molecule has 2 rings (SSSR count). The van der Waals surface area contributed by atoms with Crippen molar-refractivity contribution >= 4 is 15.9 Å². The molecular weight excluding hydrogens is 314 g/mol. The Morgan fingerprint density at radius 3 is 2.13 bits per heavy atom. The molecule has 6 nitrogen and oxygen atoms in total. The van der Waals surface area contributed by atoms with Crippen molar-refractivity contribution in [2.24, 2.45) is 0 Å². The Morgan fingerprint density at radius 1 is 1.09 bits per heavy atom. The molecule has 128 valence electrons. The molecule has 0 N–H and O–H groups in total. The summed E-state index contributed by atoms with van der Waals surface area (Å²) in [6.45, 7) is 5.02. The standard InChI is InChI=1S/C16H25N3O3S/c1-4-23(21,22)19-11-9-18(10-12-19)13-14-5-7-15(8-6-14)16(20)17(2)3/h5-8H,4,9-13H2,1-3H3. The first-order valence-electron chi connectivity index (χ1n) is 7.84. The first-order valence-corrected chi connectivity index (χ1v) is 9.45. The molecule has 1 aliphatic heterocycles. The van der Waals surface area contributed by atoms with Crippen molar-refractivity contribution in [3.8, 4) is 0 Å². The predicted octanol–water partition coefficient (Wildman–Crippen LogP) is 0.856. The molecule has 23 heavy (non-hydrogen) atoms. The molecule has 0 bridgehead atoms. The largest absolute Gasteiger partial charge is 0.345 e. The van der Waals surface area contributed by atoms with Crippen LogP contribution in [-0.2, 0) is 16.6 Å². The number of amides is 1. The van der Waals surface area contributed by atoms with Crippen LogP contribution in [0.5, 0.6) is 0 Å². The zero-order valence-corrected chi connectivity index (χ0v) is 14.8. The second-order valence-electron chi connectivity index (χ2n) is 5.97. The Kier molecular flexibility index (Phi) is 5.78. The summed E-state index contributed by atoms with van der Waals surface area (Å²) in [6.07, 6.45) is 0. The van der Waals surface area contributed by atoms with Gasteiger partial charge in [-0.05, 0) is 24.6 Å². The van der Waals surface area contributed by atoms with Crippen LogP contribution < -0.4 is 0 Å². The van der Waals surface area contributed by atoms with Gasteiger partial charge < -0.3 is 4.90 Å². The Balaban J connectivity index is 1.91. The number of rotatable bonds is 5. The van der Waals surface area contributed by atoms with Crippen LogP contribution >= 0.6 is 0 Å². The molecule has 0 aliphatic carbocycles. The molecule has 0 saturated carbocycles. The molecule has 0 atom stereocenters. The molecule has 0 radical (unpaired) electrons. The second-order valence-corrected chi connectivity index (χ2v) is 8.23. The number of hydrogen-bond acceptors (Lipinski definition) is 4. The molecule has 1 aliphatic rings. The van der Waals surface area contributed by atoms with E-state index in [0.29, 0.717) is 18.7 Å². The minimum atomic E-state index is -3.08. The van der Waals surface area contributed by atoms with Crippen molar-refractivity contribution in [3.05, 3.63) is 35.4 Å². The van der Waals surface area contributed by atoms with Crippen LogP contribution in [0.2, 0.25) is 0 Å². The fourth-order valence-corrected chi connectivity index (χ4v) is 3.70. The van der Waals surface area contributed by atoms with Crippen LogP contribution in [0.4, 0.5) is 0 Å². The molecule has 1 amide bonds. The average Bonchev–Trinajstić information content (AvgIpc) is 2.55. The van der Waals surface area contributed by atoms with Gasteiger partial charge in [0.25, 0.3) is 5.91 Å². The smallest absolute Gasteiger partial charge is 0.253 e. The second kappa shape index (κ2) is 7.42. The Hall–Kier alpha value is -1.44. The Bertz CT molecular complexity index is 633. The Labute approximate surface area is 138 Å². The summed E-state index contributed by atoms with van der Waals surface area (Å²) in [6, 6.07) is 7.61. The summed E-state index contributed by atoms with van der Waals surface area (Å²) in [4.78, 5) is 15.7. The highest BCUT2D eigenvalue weighted by atomic mass is 32.2. The molecule has 1 aromatic rings. The molecule has 0 aromatic heterocycles. The van der Waals surface area contributed by atoms with Crippen molar-refractivity contribution in [2.75, 3.05) is 46.0 Å². The van der Waals surface area contributed by atoms with Crippen LogP contribution in [0.1, 0.15) is 22.8 Å². The van der Waals surface area contributed by atoms with Crippen LogP contribution in [0.15, 0.2) is 24.3 Å². The zero-order chi connectivity index (χ0) is 17.0. The van der Waals surface area contributed by atoms with Crippen molar-refractivity contribution in [1.29, 1.82) is 0 Å². The quantitative estimate of drug-likeness (QED) is 0.798. The van der Waals surface area contributed by atoms with Gasteiger partial charge in [-0.25, -0.2) is 8.42 Å². The number of benzene rings is 1. The number of carbonyl (C=O) groups is 1. The molecule has 1 aromatic carbocycles. The molecule has 0 unspecified atom stereocenters. The fourth-order valence-electron chi connectivity index (χ4n) is 2.62. The maximum Gasteiger partial charge on any atom is 0.253 e. The summed E-state index contributed by atoms with van der Waals surface area (Å²) in [7, 11) is 0.396. The van der Waals surface area contributed by atoms with Crippen molar-refractivity contribution < 1.29 is 13.2 Å². The molecule has 1 heterocycles. The molecule has 1 fully saturated rings. The number of carbonyl (C=O) groups excluding carboxylic acids is 1. The van der Waals surface area contributed by atoms with E-state index >= 15 is 0 Å². The van der Waals surface area contributed by atoms with E-state index in [1.807, 2.05) is 24.3 Å². The normalized spacial score (nSPS) is 17.2. The maximum absolute atomic E-state index is 11.9. The van der Waals surface area contributed by atoms with E-state index in [-0.39, 0.29) is 11.7 Å². The van der Waals surface area contributed by atoms with Gasteiger partial charge in [0.1, 0.15) is 0 Å². The van der Waals surface area contributed by atoms with Gasteiger partial charge >= 0.3 is 0 Å². The summed E-state index contributed by atoms with van der Waals surface area (Å²) < 4.78 is 25.3. The lowest BCUT2D eigenvalue weighted by Gasteiger charge is -2.33. The van der Waals surface area contributed by atoms with E-state index in [1.165, 1.54) is 0 Å². The first kappa shape index (κ1) is 17.9. The number of sulfonamides is 1. The van der Waals surface area contributed by atoms with Gasteiger partial charge in [-0.3, -0.25) is 9.69 Å². The van der Waals surface area contributed by atoms with E-state index in [9.17, 15) is 13.2 Å². The summed E-state index contributed by atoms with van der Waals surface area (Å²) in [5.74, 6) is 0.156. The lowest BCUT2D eigenvalue weighted by molar-refractivity contribution is 0.0827. The zero-order valence-electron chi connectivity index (χ0n) is 14.0. The first-order chi connectivity index (χ1) is 10.8. The highest BCUT2D eigenvalue weighted by molar-refractivity contribution is 7.89. The average molecular weight is 339 g/mol. The van der Waals surface area contributed by atoms with E-state index in [1.54, 1.807) is 30.2 Å². The third-order valence-electron chi connectivity index (χ3n) is 4.10. The summed E-state index contributed by atoms with van der Waals surface area (Å²) >= 11 is 0. The van der Waals surface area contributed by atoms with Gasteiger partial charge in [0.05, 0.1) is 5.75 Å². The van der Waals surface area contributed by atoms with Gasteiger partial charge in [0, 0.05) is 52.4 Å². The SMILES string of the molecule is CCS(=O)(=O)N1CCN(Cc2ccc(C(=O)N(C)C)cc2)CC1. The molecule has 1 saturated heterocycles. The third-order valence-corrected chi connectivity index (χ3v) is 5.98. The molecule has 0 spiro atoms. The monoisotopic (exact) mass is 339 g/mol. The molecular formula is C16H25N3O3S. The summed E-state index contributed by atoms with van der Waals surface area (Å²) in [5, 5.41) is 0. The number of nitrogens with zero attached hydrogens (tertiary/aromatic N) is 3. The lowest BCUT2D eigenvalue weighted by atomic mass is 10.1. The third kappa shape index (κ3) is 4.53. The van der Waals surface area contributed by atoms with Gasteiger partial charge in [0.15, 0.2) is 0 Å². The van der Waals surface area contributed by atoms with E-state index < -0.39 is 10.0 Å². The minimum absolute atomic E-state index is 0.00469. The topological polar surface area (TPSA) is 60.9 Å². The fraction of sp³-hybridized carbons (Fsp3) is 0.562. The van der Waals surface area contributed by atoms with E-state index in [0.717, 1.165) is 25.2 Å².